The van der Waals surface area contributed by atoms with E-state index in [-0.39, 0.29) is 0 Å². The first kappa shape index (κ1) is 14.2. The van der Waals surface area contributed by atoms with Crippen LogP contribution in [0.3, 0.4) is 0 Å². The number of aromatic nitrogens is 2. The molecular formula is C13H25N3O. The van der Waals surface area contributed by atoms with Crippen LogP contribution in [0.5, 0.6) is 0 Å². The molecule has 2 N–H and O–H groups in total. The topological polar surface area (TPSA) is 50.1 Å². The average molecular weight is 239 g/mol. The number of nitrogens with one attached hydrogen (secondary N) is 1. The Balaban J connectivity index is 2.37. The van der Waals surface area contributed by atoms with Crippen LogP contribution in [-0.4, -0.2) is 26.8 Å². The number of hydrogen-bond donors (Lipinski definition) is 2. The van der Waals surface area contributed by atoms with Crippen molar-refractivity contribution in [1.29, 1.82) is 0 Å². The minimum absolute atomic E-state index is 0.607. The lowest BCUT2D eigenvalue weighted by Gasteiger charge is -2.23. The van der Waals surface area contributed by atoms with E-state index in [2.05, 4.69) is 28.7 Å². The Hall–Kier alpha value is -0.870. The number of aryl methyl sites for hydroxylation is 1. The van der Waals surface area contributed by atoms with Crippen LogP contribution in [0, 0.1) is 0 Å². The Morgan fingerprint density at radius 2 is 2.18 bits per heavy atom. The second-order valence-electron chi connectivity index (χ2n) is 4.93. The van der Waals surface area contributed by atoms with Crippen LogP contribution in [-0.2, 0) is 13.1 Å². The molecule has 0 amide bonds. The first-order valence-electron chi connectivity index (χ1n) is 6.51. The zero-order valence-electron chi connectivity index (χ0n) is 11.2. The van der Waals surface area contributed by atoms with Crippen LogP contribution in [0.15, 0.2) is 12.5 Å². The summed E-state index contributed by atoms with van der Waals surface area (Å²) in [5.41, 5.74) is 0.573. The van der Waals surface area contributed by atoms with Gasteiger partial charge in [-0.1, -0.05) is 20.3 Å². The van der Waals surface area contributed by atoms with Crippen molar-refractivity contribution in [3.05, 3.63) is 18.2 Å². The fourth-order valence-corrected chi connectivity index (χ4v) is 2.02. The Bertz CT molecular complexity index is 320. The Labute approximate surface area is 104 Å². The molecule has 0 fully saturated rings. The van der Waals surface area contributed by atoms with Gasteiger partial charge in [-0.2, -0.15) is 0 Å². The number of aliphatic hydroxyl groups is 1. The number of rotatable bonds is 8. The van der Waals surface area contributed by atoms with E-state index < -0.39 is 5.60 Å². The molecule has 98 valence electrons. The smallest absolute Gasteiger partial charge is 0.0948 e. The third-order valence-electron chi connectivity index (χ3n) is 2.86. The predicted octanol–water partition coefficient (Wildman–Crippen LogP) is 1.93. The largest absolute Gasteiger partial charge is 0.389 e. The standard InChI is InChI=1S/C13H25N3O/c1-4-6-13(3,17)10-14-8-12-9-15-11-16(12)7-5-2/h9,11,14,17H,4-8,10H2,1-3H3. The summed E-state index contributed by atoms with van der Waals surface area (Å²) in [6.07, 6.45) is 6.69. The molecule has 0 saturated heterocycles. The zero-order chi connectivity index (χ0) is 12.7. The third kappa shape index (κ3) is 4.88. The van der Waals surface area contributed by atoms with Crippen LogP contribution in [0.1, 0.15) is 45.7 Å². The summed E-state index contributed by atoms with van der Waals surface area (Å²) in [7, 11) is 0. The van der Waals surface area contributed by atoms with Gasteiger partial charge in [0.2, 0.25) is 0 Å². The predicted molar refractivity (Wildman–Crippen MR) is 69.8 cm³/mol. The zero-order valence-corrected chi connectivity index (χ0v) is 11.2. The van der Waals surface area contributed by atoms with Crippen LogP contribution < -0.4 is 5.32 Å². The lowest BCUT2D eigenvalue weighted by molar-refractivity contribution is 0.0496. The summed E-state index contributed by atoms with van der Waals surface area (Å²) < 4.78 is 2.15. The van der Waals surface area contributed by atoms with Gasteiger partial charge in [-0.05, 0) is 19.8 Å². The molecule has 0 spiro atoms. The van der Waals surface area contributed by atoms with Crippen molar-refractivity contribution >= 4 is 0 Å². The van der Waals surface area contributed by atoms with Crippen molar-refractivity contribution in [3.8, 4) is 0 Å². The fourth-order valence-electron chi connectivity index (χ4n) is 2.02. The second kappa shape index (κ2) is 6.77. The van der Waals surface area contributed by atoms with E-state index in [0.717, 1.165) is 32.4 Å². The fraction of sp³-hybridized carbons (Fsp3) is 0.769. The van der Waals surface area contributed by atoms with Gasteiger partial charge in [0.15, 0.2) is 0 Å². The van der Waals surface area contributed by atoms with E-state index in [1.807, 2.05) is 19.4 Å². The molecule has 1 atom stereocenters. The van der Waals surface area contributed by atoms with Crippen molar-refractivity contribution in [2.24, 2.45) is 0 Å². The molecule has 17 heavy (non-hydrogen) atoms. The molecule has 0 saturated carbocycles. The maximum Gasteiger partial charge on any atom is 0.0948 e. The van der Waals surface area contributed by atoms with Crippen molar-refractivity contribution in [3.63, 3.8) is 0 Å². The molecule has 0 radical (unpaired) electrons. The highest BCUT2D eigenvalue weighted by atomic mass is 16.3. The van der Waals surface area contributed by atoms with Gasteiger partial charge in [0.05, 0.1) is 17.6 Å². The molecule has 1 heterocycles. The highest BCUT2D eigenvalue weighted by Crippen LogP contribution is 2.10. The molecule has 1 rings (SSSR count). The van der Waals surface area contributed by atoms with Gasteiger partial charge in [0, 0.05) is 25.8 Å². The maximum atomic E-state index is 10.0. The van der Waals surface area contributed by atoms with Crippen molar-refractivity contribution in [2.75, 3.05) is 6.54 Å². The van der Waals surface area contributed by atoms with Crippen molar-refractivity contribution in [1.82, 2.24) is 14.9 Å². The van der Waals surface area contributed by atoms with E-state index >= 15 is 0 Å². The molecule has 4 nitrogen and oxygen atoms in total. The van der Waals surface area contributed by atoms with E-state index in [9.17, 15) is 5.11 Å². The molecule has 1 unspecified atom stereocenters. The highest BCUT2D eigenvalue weighted by Gasteiger charge is 2.18. The van der Waals surface area contributed by atoms with Gasteiger partial charge in [0.25, 0.3) is 0 Å². The molecule has 0 bridgehead atoms. The minimum Gasteiger partial charge on any atom is -0.389 e. The van der Waals surface area contributed by atoms with Crippen molar-refractivity contribution in [2.45, 2.75) is 58.7 Å². The van der Waals surface area contributed by atoms with Gasteiger partial charge >= 0.3 is 0 Å². The molecule has 0 aliphatic rings. The maximum absolute atomic E-state index is 10.0. The summed E-state index contributed by atoms with van der Waals surface area (Å²) in [5.74, 6) is 0. The quantitative estimate of drug-likeness (QED) is 0.729. The normalized spacial score (nSPS) is 14.8. The van der Waals surface area contributed by atoms with Gasteiger partial charge in [-0.15, -0.1) is 0 Å². The summed E-state index contributed by atoms with van der Waals surface area (Å²) in [4.78, 5) is 4.15. The minimum atomic E-state index is -0.607. The Morgan fingerprint density at radius 1 is 1.41 bits per heavy atom. The first-order valence-corrected chi connectivity index (χ1v) is 6.51. The Morgan fingerprint density at radius 3 is 2.82 bits per heavy atom. The van der Waals surface area contributed by atoms with Gasteiger partial charge in [-0.25, -0.2) is 4.98 Å². The lowest BCUT2D eigenvalue weighted by atomic mass is 10.0. The third-order valence-corrected chi connectivity index (χ3v) is 2.86. The summed E-state index contributed by atoms with van der Waals surface area (Å²) >= 11 is 0. The highest BCUT2D eigenvalue weighted by molar-refractivity contribution is 4.98. The average Bonchev–Trinajstić information content (AvgIpc) is 2.66. The van der Waals surface area contributed by atoms with E-state index in [1.54, 1.807) is 0 Å². The second-order valence-corrected chi connectivity index (χ2v) is 4.93. The van der Waals surface area contributed by atoms with Crippen LogP contribution in [0.2, 0.25) is 0 Å². The SMILES string of the molecule is CCCn1cncc1CNCC(C)(O)CCC. The number of nitrogens with zero attached hydrogens (tertiary/aromatic N) is 2. The number of hydrogen-bond acceptors (Lipinski definition) is 3. The number of imidazole rings is 1. The lowest BCUT2D eigenvalue weighted by Crippen LogP contribution is -2.37. The molecular weight excluding hydrogens is 214 g/mol. The van der Waals surface area contributed by atoms with Crippen LogP contribution in [0.4, 0.5) is 0 Å². The first-order chi connectivity index (χ1) is 8.09. The summed E-state index contributed by atoms with van der Waals surface area (Å²) in [6.45, 7) is 8.52. The molecule has 0 aromatic carbocycles. The van der Waals surface area contributed by atoms with E-state index in [0.29, 0.717) is 6.54 Å². The summed E-state index contributed by atoms with van der Waals surface area (Å²) in [5, 5.41) is 13.3. The Kier molecular flexibility index (Phi) is 5.65. The summed E-state index contributed by atoms with van der Waals surface area (Å²) in [6, 6.07) is 0. The molecule has 0 aliphatic heterocycles. The van der Waals surface area contributed by atoms with E-state index in [4.69, 9.17) is 0 Å². The van der Waals surface area contributed by atoms with Crippen LogP contribution >= 0.6 is 0 Å². The molecule has 1 aromatic heterocycles. The van der Waals surface area contributed by atoms with Gasteiger partial charge < -0.3 is 15.0 Å². The molecule has 4 heteroatoms. The van der Waals surface area contributed by atoms with E-state index in [1.165, 1.54) is 5.69 Å². The van der Waals surface area contributed by atoms with Gasteiger partial charge in [0.1, 0.15) is 0 Å². The monoisotopic (exact) mass is 239 g/mol. The molecule has 0 aliphatic carbocycles. The van der Waals surface area contributed by atoms with Crippen molar-refractivity contribution < 1.29 is 5.11 Å². The van der Waals surface area contributed by atoms with Crippen LogP contribution in [0.25, 0.3) is 0 Å². The van der Waals surface area contributed by atoms with Gasteiger partial charge in [-0.3, -0.25) is 0 Å². The molecule has 1 aromatic rings.